The summed E-state index contributed by atoms with van der Waals surface area (Å²) in [6.45, 7) is 0.331. The van der Waals surface area contributed by atoms with Gasteiger partial charge < -0.3 is 20.8 Å². The van der Waals surface area contributed by atoms with E-state index in [1.165, 1.54) is 6.42 Å². The van der Waals surface area contributed by atoms with Crippen molar-refractivity contribution in [3.8, 4) is 0 Å². The molecule has 1 atom stereocenters. The van der Waals surface area contributed by atoms with Crippen LogP contribution in [0.1, 0.15) is 25.7 Å². The van der Waals surface area contributed by atoms with E-state index in [0.29, 0.717) is 12.5 Å². The molecule has 0 bridgehead atoms. The highest BCUT2D eigenvalue weighted by atomic mass is 16.4. The molecule has 0 aromatic heterocycles. The summed E-state index contributed by atoms with van der Waals surface area (Å²) < 4.78 is 0. The highest BCUT2D eigenvalue weighted by Gasteiger charge is 2.21. The van der Waals surface area contributed by atoms with Gasteiger partial charge in [0, 0.05) is 19.6 Å². The van der Waals surface area contributed by atoms with Crippen molar-refractivity contribution in [3.05, 3.63) is 0 Å². The maximum Gasteiger partial charge on any atom is 0.326 e. The SMILES string of the molecule is O=C(NCC1CCC1)N[C@@H](CCO)C(=O)O. The Hall–Kier alpha value is -1.30. The summed E-state index contributed by atoms with van der Waals surface area (Å²) in [5.74, 6) is -0.597. The number of carbonyl (C=O) groups excluding carboxylic acids is 1. The van der Waals surface area contributed by atoms with Crippen molar-refractivity contribution < 1.29 is 19.8 Å². The standard InChI is InChI=1S/C10H18N2O4/c13-5-4-8(9(14)15)12-10(16)11-6-7-2-1-3-7/h7-8,13H,1-6H2,(H,14,15)(H2,11,12,16)/t8-/m0/s1. The molecule has 1 aliphatic carbocycles. The topological polar surface area (TPSA) is 98.7 Å². The molecule has 92 valence electrons. The molecular weight excluding hydrogens is 212 g/mol. The van der Waals surface area contributed by atoms with Crippen LogP contribution < -0.4 is 10.6 Å². The number of aliphatic hydroxyl groups excluding tert-OH is 1. The second kappa shape index (κ2) is 6.32. The number of amides is 2. The zero-order chi connectivity index (χ0) is 12.0. The Morgan fingerprint density at radius 3 is 2.50 bits per heavy atom. The average molecular weight is 230 g/mol. The molecule has 0 unspecified atom stereocenters. The first-order valence-electron chi connectivity index (χ1n) is 5.51. The fraction of sp³-hybridized carbons (Fsp3) is 0.800. The van der Waals surface area contributed by atoms with Gasteiger partial charge in [0.2, 0.25) is 0 Å². The van der Waals surface area contributed by atoms with Crippen LogP contribution in [0.15, 0.2) is 0 Å². The predicted molar refractivity (Wildman–Crippen MR) is 57.0 cm³/mol. The van der Waals surface area contributed by atoms with E-state index in [9.17, 15) is 9.59 Å². The molecule has 1 aliphatic rings. The minimum atomic E-state index is -1.13. The van der Waals surface area contributed by atoms with Gasteiger partial charge in [-0.05, 0) is 18.8 Å². The molecule has 1 saturated carbocycles. The number of urea groups is 1. The van der Waals surface area contributed by atoms with Crippen molar-refractivity contribution in [3.63, 3.8) is 0 Å². The number of rotatable bonds is 6. The number of aliphatic hydroxyl groups is 1. The number of aliphatic carboxylic acids is 1. The van der Waals surface area contributed by atoms with Gasteiger partial charge in [0.25, 0.3) is 0 Å². The predicted octanol–water partition coefficient (Wildman–Crippen LogP) is -0.0787. The van der Waals surface area contributed by atoms with Gasteiger partial charge in [0.05, 0.1) is 0 Å². The maximum atomic E-state index is 11.3. The summed E-state index contributed by atoms with van der Waals surface area (Å²) in [6, 6.07) is -1.50. The Balaban J connectivity index is 2.21. The zero-order valence-electron chi connectivity index (χ0n) is 9.11. The molecule has 0 aromatic carbocycles. The lowest BCUT2D eigenvalue weighted by Gasteiger charge is -2.25. The molecule has 1 rings (SSSR count). The summed E-state index contributed by atoms with van der Waals surface area (Å²) in [7, 11) is 0. The molecular formula is C10H18N2O4. The highest BCUT2D eigenvalue weighted by molar-refractivity contribution is 5.82. The second-order valence-electron chi connectivity index (χ2n) is 4.05. The van der Waals surface area contributed by atoms with E-state index in [-0.39, 0.29) is 13.0 Å². The molecule has 0 saturated heterocycles. The van der Waals surface area contributed by atoms with Crippen molar-refractivity contribution in [2.45, 2.75) is 31.7 Å². The van der Waals surface area contributed by atoms with Crippen LogP contribution in [0.4, 0.5) is 4.79 Å². The van der Waals surface area contributed by atoms with Crippen LogP contribution in [0.5, 0.6) is 0 Å². The maximum absolute atomic E-state index is 11.3. The quantitative estimate of drug-likeness (QED) is 0.513. The molecule has 0 radical (unpaired) electrons. The van der Waals surface area contributed by atoms with Gasteiger partial charge in [-0.25, -0.2) is 9.59 Å². The van der Waals surface area contributed by atoms with Gasteiger partial charge in [0.1, 0.15) is 6.04 Å². The van der Waals surface area contributed by atoms with Gasteiger partial charge in [0.15, 0.2) is 0 Å². The molecule has 2 amide bonds. The van der Waals surface area contributed by atoms with Gasteiger partial charge in [-0.15, -0.1) is 0 Å². The average Bonchev–Trinajstić information content (AvgIpc) is 2.14. The lowest BCUT2D eigenvalue weighted by Crippen LogP contribution is -2.47. The Bertz CT molecular complexity index is 253. The molecule has 6 nitrogen and oxygen atoms in total. The van der Waals surface area contributed by atoms with E-state index >= 15 is 0 Å². The lowest BCUT2D eigenvalue weighted by atomic mass is 9.85. The minimum absolute atomic E-state index is 0.0200. The van der Waals surface area contributed by atoms with Crippen LogP contribution in [-0.4, -0.2) is 41.4 Å². The van der Waals surface area contributed by atoms with Gasteiger partial charge >= 0.3 is 12.0 Å². The first-order valence-corrected chi connectivity index (χ1v) is 5.51. The number of carbonyl (C=O) groups is 2. The van der Waals surface area contributed by atoms with Gasteiger partial charge in [-0.2, -0.15) is 0 Å². The van der Waals surface area contributed by atoms with Crippen molar-refractivity contribution in [2.24, 2.45) is 5.92 Å². The van der Waals surface area contributed by atoms with Gasteiger partial charge in [-0.3, -0.25) is 0 Å². The third kappa shape index (κ3) is 4.06. The molecule has 0 aromatic rings. The molecule has 6 heteroatoms. The van der Waals surface area contributed by atoms with Crippen LogP contribution >= 0.6 is 0 Å². The van der Waals surface area contributed by atoms with Crippen LogP contribution in [0.25, 0.3) is 0 Å². The number of carboxylic acid groups (broad SMARTS) is 1. The Morgan fingerprint density at radius 2 is 2.06 bits per heavy atom. The second-order valence-corrected chi connectivity index (χ2v) is 4.05. The number of hydrogen-bond donors (Lipinski definition) is 4. The highest BCUT2D eigenvalue weighted by Crippen LogP contribution is 2.24. The molecule has 4 N–H and O–H groups in total. The minimum Gasteiger partial charge on any atom is -0.480 e. The van der Waals surface area contributed by atoms with Crippen LogP contribution in [-0.2, 0) is 4.79 Å². The first-order chi connectivity index (χ1) is 7.63. The summed E-state index contributed by atoms with van der Waals surface area (Å²) >= 11 is 0. The smallest absolute Gasteiger partial charge is 0.326 e. The van der Waals surface area contributed by atoms with Gasteiger partial charge in [-0.1, -0.05) is 6.42 Å². The molecule has 0 spiro atoms. The van der Waals surface area contributed by atoms with Crippen molar-refractivity contribution >= 4 is 12.0 Å². The molecule has 0 aliphatic heterocycles. The Labute approximate surface area is 94.0 Å². The van der Waals surface area contributed by atoms with Crippen molar-refractivity contribution in [1.29, 1.82) is 0 Å². The van der Waals surface area contributed by atoms with Crippen LogP contribution in [0.2, 0.25) is 0 Å². The summed E-state index contributed by atoms with van der Waals surface area (Å²) in [4.78, 5) is 22.0. The fourth-order valence-corrected chi connectivity index (χ4v) is 1.53. The van der Waals surface area contributed by atoms with Crippen molar-refractivity contribution in [1.82, 2.24) is 10.6 Å². The number of hydrogen-bond acceptors (Lipinski definition) is 3. The summed E-state index contributed by atoms with van der Waals surface area (Å²) in [5.41, 5.74) is 0. The summed E-state index contributed by atoms with van der Waals surface area (Å²) in [6.07, 6.45) is 3.47. The summed E-state index contributed by atoms with van der Waals surface area (Å²) in [5, 5.41) is 22.3. The third-order valence-electron chi connectivity index (χ3n) is 2.80. The van der Waals surface area contributed by atoms with Crippen LogP contribution in [0.3, 0.4) is 0 Å². The molecule has 16 heavy (non-hydrogen) atoms. The lowest BCUT2D eigenvalue weighted by molar-refractivity contribution is -0.139. The largest absolute Gasteiger partial charge is 0.480 e. The Morgan fingerprint density at radius 1 is 1.38 bits per heavy atom. The fourth-order valence-electron chi connectivity index (χ4n) is 1.53. The van der Waals surface area contributed by atoms with E-state index < -0.39 is 18.0 Å². The van der Waals surface area contributed by atoms with E-state index in [0.717, 1.165) is 12.8 Å². The first kappa shape index (κ1) is 12.8. The van der Waals surface area contributed by atoms with Crippen molar-refractivity contribution in [2.75, 3.05) is 13.2 Å². The van der Waals surface area contributed by atoms with E-state index in [2.05, 4.69) is 10.6 Å². The number of nitrogens with one attached hydrogen (secondary N) is 2. The van der Waals surface area contributed by atoms with E-state index in [4.69, 9.17) is 10.2 Å². The molecule has 1 fully saturated rings. The van der Waals surface area contributed by atoms with E-state index in [1.54, 1.807) is 0 Å². The van der Waals surface area contributed by atoms with E-state index in [1.807, 2.05) is 0 Å². The Kier molecular flexibility index (Phi) is 5.04. The zero-order valence-corrected chi connectivity index (χ0v) is 9.11. The normalized spacial score (nSPS) is 17.3. The molecule has 0 heterocycles. The monoisotopic (exact) mass is 230 g/mol. The van der Waals surface area contributed by atoms with Crippen LogP contribution in [0, 0.1) is 5.92 Å². The third-order valence-corrected chi connectivity index (χ3v) is 2.80. The number of carboxylic acids is 1.